The number of piperidine rings is 1. The van der Waals surface area contributed by atoms with E-state index in [4.69, 9.17) is 11.6 Å². The average Bonchev–Trinajstić information content (AvgIpc) is 2.71. The van der Waals surface area contributed by atoms with E-state index in [1.54, 1.807) is 0 Å². The van der Waals surface area contributed by atoms with Crippen molar-refractivity contribution in [2.24, 2.45) is 0 Å². The van der Waals surface area contributed by atoms with Gasteiger partial charge < -0.3 is 10.2 Å². The van der Waals surface area contributed by atoms with Gasteiger partial charge in [-0.2, -0.15) is 0 Å². The van der Waals surface area contributed by atoms with Gasteiger partial charge in [0, 0.05) is 44.5 Å². The fourth-order valence-electron chi connectivity index (χ4n) is 4.05. The van der Waals surface area contributed by atoms with E-state index in [1.807, 2.05) is 11.8 Å². The van der Waals surface area contributed by atoms with E-state index in [0.717, 1.165) is 45.6 Å². The first-order valence-electron chi connectivity index (χ1n) is 10.4. The molecule has 2 unspecified atom stereocenters. The molecule has 1 N–H and O–H groups in total. The SMILES string of the molecule is CC(C(=O)Nc1ccc(F)c(Cl)c1)N1CCN(CC(=O)N2CCCCC2C)CC1. The van der Waals surface area contributed by atoms with E-state index in [9.17, 15) is 14.0 Å². The molecule has 2 aliphatic heterocycles. The normalized spacial score (nSPS) is 22.3. The third-order valence-corrected chi connectivity index (χ3v) is 6.29. The lowest BCUT2D eigenvalue weighted by molar-refractivity contribution is -0.136. The Kier molecular flexibility index (Phi) is 7.49. The van der Waals surface area contributed by atoms with Crippen LogP contribution in [0, 0.1) is 5.82 Å². The highest BCUT2D eigenvalue weighted by Gasteiger charge is 2.29. The lowest BCUT2D eigenvalue weighted by Crippen LogP contribution is -2.55. The molecule has 0 saturated carbocycles. The first-order chi connectivity index (χ1) is 13.8. The van der Waals surface area contributed by atoms with Gasteiger partial charge in [0.1, 0.15) is 5.82 Å². The monoisotopic (exact) mass is 424 g/mol. The number of halogens is 2. The summed E-state index contributed by atoms with van der Waals surface area (Å²) in [5.41, 5.74) is 0.480. The van der Waals surface area contributed by atoms with Gasteiger partial charge in [-0.05, 0) is 51.3 Å². The van der Waals surface area contributed by atoms with Crippen LogP contribution in [0.15, 0.2) is 18.2 Å². The summed E-state index contributed by atoms with van der Waals surface area (Å²) < 4.78 is 13.3. The summed E-state index contributed by atoms with van der Waals surface area (Å²) in [6.45, 7) is 8.27. The summed E-state index contributed by atoms with van der Waals surface area (Å²) in [5.74, 6) is -0.452. The van der Waals surface area contributed by atoms with E-state index in [1.165, 1.54) is 24.6 Å². The van der Waals surface area contributed by atoms with E-state index in [-0.39, 0.29) is 22.9 Å². The highest BCUT2D eigenvalue weighted by Crippen LogP contribution is 2.20. The maximum absolute atomic E-state index is 13.3. The Labute approximate surface area is 177 Å². The quantitative estimate of drug-likeness (QED) is 0.789. The number of hydrogen-bond acceptors (Lipinski definition) is 4. The molecule has 0 aromatic heterocycles. The fourth-order valence-corrected chi connectivity index (χ4v) is 4.23. The van der Waals surface area contributed by atoms with Crippen molar-refractivity contribution in [3.05, 3.63) is 29.0 Å². The van der Waals surface area contributed by atoms with Crippen molar-refractivity contribution >= 4 is 29.1 Å². The molecular formula is C21H30ClFN4O2. The molecule has 160 valence electrons. The van der Waals surface area contributed by atoms with Gasteiger partial charge in [0.15, 0.2) is 0 Å². The summed E-state index contributed by atoms with van der Waals surface area (Å²) in [7, 11) is 0. The number of nitrogens with one attached hydrogen (secondary N) is 1. The van der Waals surface area contributed by atoms with Crippen LogP contribution in [-0.2, 0) is 9.59 Å². The zero-order chi connectivity index (χ0) is 21.0. The maximum Gasteiger partial charge on any atom is 0.241 e. The number of likely N-dealkylation sites (tertiary alicyclic amines) is 1. The molecule has 0 aliphatic carbocycles. The van der Waals surface area contributed by atoms with Crippen molar-refractivity contribution in [2.45, 2.75) is 45.2 Å². The number of carbonyl (C=O) groups is 2. The van der Waals surface area contributed by atoms with Crippen molar-refractivity contribution in [1.29, 1.82) is 0 Å². The lowest BCUT2D eigenvalue weighted by atomic mass is 10.0. The van der Waals surface area contributed by atoms with Crippen LogP contribution in [-0.4, -0.2) is 77.9 Å². The molecular weight excluding hydrogens is 395 g/mol. The fraction of sp³-hybridized carbons (Fsp3) is 0.619. The number of hydrogen-bond donors (Lipinski definition) is 1. The molecule has 29 heavy (non-hydrogen) atoms. The van der Waals surface area contributed by atoms with Crippen LogP contribution in [0.4, 0.5) is 10.1 Å². The largest absolute Gasteiger partial charge is 0.339 e. The zero-order valence-electron chi connectivity index (χ0n) is 17.2. The Morgan fingerprint density at radius 2 is 1.93 bits per heavy atom. The molecule has 1 aromatic carbocycles. The van der Waals surface area contributed by atoms with Gasteiger partial charge in [0.25, 0.3) is 0 Å². The molecule has 2 aliphatic rings. The van der Waals surface area contributed by atoms with Gasteiger partial charge in [0.05, 0.1) is 17.6 Å². The van der Waals surface area contributed by atoms with E-state index >= 15 is 0 Å². The minimum atomic E-state index is -0.512. The van der Waals surface area contributed by atoms with E-state index in [0.29, 0.717) is 18.3 Å². The summed E-state index contributed by atoms with van der Waals surface area (Å²) in [4.78, 5) is 31.5. The molecule has 0 bridgehead atoms. The number of rotatable bonds is 5. The maximum atomic E-state index is 13.3. The van der Waals surface area contributed by atoms with Crippen molar-refractivity contribution in [3.63, 3.8) is 0 Å². The third kappa shape index (κ3) is 5.68. The zero-order valence-corrected chi connectivity index (χ0v) is 17.9. The van der Waals surface area contributed by atoms with Crippen LogP contribution in [0.5, 0.6) is 0 Å². The second kappa shape index (κ2) is 9.87. The number of piperazine rings is 1. The highest BCUT2D eigenvalue weighted by molar-refractivity contribution is 6.31. The predicted molar refractivity (Wildman–Crippen MR) is 113 cm³/mol. The van der Waals surface area contributed by atoms with Crippen LogP contribution in [0.25, 0.3) is 0 Å². The Morgan fingerprint density at radius 3 is 2.59 bits per heavy atom. The minimum absolute atomic E-state index is 0.0169. The standard InChI is InChI=1S/C21H30ClFN4O2/c1-15-5-3-4-8-27(15)20(28)14-25-9-11-26(12-10-25)16(2)21(29)24-17-6-7-19(23)18(22)13-17/h6-7,13,15-16H,3-5,8-12,14H2,1-2H3,(H,24,29). The molecule has 2 saturated heterocycles. The molecule has 2 atom stereocenters. The van der Waals surface area contributed by atoms with Crippen LogP contribution in [0.3, 0.4) is 0 Å². The van der Waals surface area contributed by atoms with Crippen molar-refractivity contribution in [2.75, 3.05) is 44.6 Å². The number of nitrogens with zero attached hydrogens (tertiary/aromatic N) is 3. The Bertz CT molecular complexity index is 739. The second-order valence-corrected chi connectivity index (χ2v) is 8.45. The van der Waals surface area contributed by atoms with Gasteiger partial charge >= 0.3 is 0 Å². The van der Waals surface area contributed by atoms with Crippen LogP contribution < -0.4 is 5.32 Å². The molecule has 0 radical (unpaired) electrons. The van der Waals surface area contributed by atoms with Gasteiger partial charge in [-0.15, -0.1) is 0 Å². The van der Waals surface area contributed by atoms with Crippen LogP contribution >= 0.6 is 11.6 Å². The Morgan fingerprint density at radius 1 is 1.21 bits per heavy atom. The van der Waals surface area contributed by atoms with E-state index in [2.05, 4.69) is 22.0 Å². The smallest absolute Gasteiger partial charge is 0.241 e. The van der Waals surface area contributed by atoms with Crippen molar-refractivity contribution in [3.8, 4) is 0 Å². The third-order valence-electron chi connectivity index (χ3n) is 6.00. The Hall–Kier alpha value is -1.70. The topological polar surface area (TPSA) is 55.9 Å². The highest BCUT2D eigenvalue weighted by atomic mass is 35.5. The first kappa shape index (κ1) is 22.0. The summed E-state index contributed by atoms with van der Waals surface area (Å²) in [6.07, 6.45) is 3.38. The lowest BCUT2D eigenvalue weighted by Gasteiger charge is -2.39. The average molecular weight is 425 g/mol. The van der Waals surface area contributed by atoms with Crippen LogP contribution in [0.2, 0.25) is 5.02 Å². The van der Waals surface area contributed by atoms with Crippen molar-refractivity contribution in [1.82, 2.24) is 14.7 Å². The number of anilines is 1. The van der Waals surface area contributed by atoms with Crippen LogP contribution in [0.1, 0.15) is 33.1 Å². The first-order valence-corrected chi connectivity index (χ1v) is 10.7. The molecule has 1 aromatic rings. The Balaban J connectivity index is 1.46. The number of carbonyl (C=O) groups excluding carboxylic acids is 2. The molecule has 0 spiro atoms. The minimum Gasteiger partial charge on any atom is -0.339 e. The summed E-state index contributed by atoms with van der Waals surface area (Å²) in [5, 5.41) is 2.78. The predicted octanol–water partition coefficient (Wildman–Crippen LogP) is 2.82. The number of amides is 2. The molecule has 3 rings (SSSR count). The van der Waals surface area contributed by atoms with Crippen molar-refractivity contribution < 1.29 is 14.0 Å². The van der Waals surface area contributed by atoms with E-state index < -0.39 is 5.82 Å². The van der Waals surface area contributed by atoms with Gasteiger partial charge in [-0.1, -0.05) is 11.6 Å². The van der Waals surface area contributed by atoms with Gasteiger partial charge in [-0.3, -0.25) is 19.4 Å². The summed E-state index contributed by atoms with van der Waals surface area (Å²) in [6, 6.07) is 4.16. The van der Waals surface area contributed by atoms with Gasteiger partial charge in [-0.25, -0.2) is 4.39 Å². The number of benzene rings is 1. The molecule has 8 heteroatoms. The second-order valence-electron chi connectivity index (χ2n) is 8.04. The molecule has 2 amide bonds. The van der Waals surface area contributed by atoms with Gasteiger partial charge in [0.2, 0.25) is 11.8 Å². The molecule has 6 nitrogen and oxygen atoms in total. The molecule has 2 heterocycles. The molecule has 2 fully saturated rings. The summed E-state index contributed by atoms with van der Waals surface area (Å²) >= 11 is 5.77.